The topological polar surface area (TPSA) is 66.8 Å². The molecule has 1 saturated heterocycles. The number of aliphatic carboxylic acids is 1. The molecule has 5 heteroatoms. The summed E-state index contributed by atoms with van der Waals surface area (Å²) in [6.45, 7) is 5.44. The van der Waals surface area contributed by atoms with E-state index in [4.69, 9.17) is 9.84 Å². The maximum Gasteiger partial charge on any atom is 0.341 e. The molecular weight excluding hydrogens is 366 g/mol. The maximum absolute atomic E-state index is 12.8. The summed E-state index contributed by atoms with van der Waals surface area (Å²) in [6, 6.07) is 15.9. The molecule has 1 amide bonds. The fourth-order valence-electron chi connectivity index (χ4n) is 3.79. The van der Waals surface area contributed by atoms with Gasteiger partial charge in [0.1, 0.15) is 5.75 Å². The van der Waals surface area contributed by atoms with E-state index < -0.39 is 5.97 Å². The summed E-state index contributed by atoms with van der Waals surface area (Å²) in [5, 5.41) is 8.78. The van der Waals surface area contributed by atoms with Gasteiger partial charge in [-0.1, -0.05) is 50.2 Å². The van der Waals surface area contributed by atoms with E-state index in [1.165, 1.54) is 5.56 Å². The van der Waals surface area contributed by atoms with Crippen LogP contribution in [-0.4, -0.2) is 41.6 Å². The Kier molecular flexibility index (Phi) is 6.91. The number of hydrogen-bond acceptors (Lipinski definition) is 3. The predicted octanol–water partition coefficient (Wildman–Crippen LogP) is 4.22. The second-order valence-electron chi connectivity index (χ2n) is 8.01. The second-order valence-corrected chi connectivity index (χ2v) is 8.01. The number of piperidine rings is 1. The SMILES string of the molecule is CC(C)c1ccc(CC(=O)N2CCCC(c3cccc(OCC(=O)O)c3)C2)cc1. The molecule has 0 aromatic heterocycles. The number of nitrogens with zero attached hydrogens (tertiary/aromatic N) is 1. The Morgan fingerprint density at radius 2 is 1.93 bits per heavy atom. The highest BCUT2D eigenvalue weighted by molar-refractivity contribution is 5.79. The van der Waals surface area contributed by atoms with E-state index in [1.807, 2.05) is 23.1 Å². The maximum atomic E-state index is 12.8. The molecule has 29 heavy (non-hydrogen) atoms. The van der Waals surface area contributed by atoms with E-state index in [0.29, 0.717) is 24.6 Å². The minimum absolute atomic E-state index is 0.158. The fraction of sp³-hybridized carbons (Fsp3) is 0.417. The zero-order valence-electron chi connectivity index (χ0n) is 17.1. The molecule has 3 rings (SSSR count). The molecule has 1 unspecified atom stereocenters. The van der Waals surface area contributed by atoms with Crippen molar-refractivity contribution in [2.75, 3.05) is 19.7 Å². The van der Waals surface area contributed by atoms with Crippen molar-refractivity contribution in [1.29, 1.82) is 0 Å². The van der Waals surface area contributed by atoms with E-state index in [2.05, 4.69) is 38.1 Å². The summed E-state index contributed by atoms with van der Waals surface area (Å²) in [7, 11) is 0. The molecule has 1 N–H and O–H groups in total. The number of likely N-dealkylation sites (tertiary alicyclic amines) is 1. The molecule has 0 saturated carbocycles. The van der Waals surface area contributed by atoms with Crippen molar-refractivity contribution in [2.24, 2.45) is 0 Å². The molecule has 154 valence electrons. The minimum atomic E-state index is -0.994. The quantitative estimate of drug-likeness (QED) is 0.762. The smallest absolute Gasteiger partial charge is 0.341 e. The van der Waals surface area contributed by atoms with E-state index in [1.54, 1.807) is 6.07 Å². The molecule has 0 bridgehead atoms. The van der Waals surface area contributed by atoms with Crippen LogP contribution in [0.2, 0.25) is 0 Å². The average molecular weight is 395 g/mol. The van der Waals surface area contributed by atoms with Crippen molar-refractivity contribution in [3.05, 3.63) is 65.2 Å². The number of carboxylic acids is 1. The highest BCUT2D eigenvalue weighted by Gasteiger charge is 2.25. The number of carboxylic acid groups (broad SMARTS) is 1. The fourth-order valence-corrected chi connectivity index (χ4v) is 3.79. The van der Waals surface area contributed by atoms with Crippen LogP contribution in [0, 0.1) is 0 Å². The third-order valence-corrected chi connectivity index (χ3v) is 5.47. The lowest BCUT2D eigenvalue weighted by Crippen LogP contribution is -2.39. The molecular formula is C24H29NO4. The van der Waals surface area contributed by atoms with Crippen LogP contribution in [-0.2, 0) is 16.0 Å². The first-order valence-electron chi connectivity index (χ1n) is 10.2. The molecule has 1 aliphatic heterocycles. The highest BCUT2D eigenvalue weighted by atomic mass is 16.5. The van der Waals surface area contributed by atoms with Crippen molar-refractivity contribution >= 4 is 11.9 Å². The van der Waals surface area contributed by atoms with Gasteiger partial charge < -0.3 is 14.7 Å². The number of carbonyl (C=O) groups is 2. The predicted molar refractivity (Wildman–Crippen MR) is 112 cm³/mol. The van der Waals surface area contributed by atoms with E-state index in [-0.39, 0.29) is 18.4 Å². The Labute approximate surface area is 172 Å². The molecule has 2 aromatic carbocycles. The van der Waals surface area contributed by atoms with Crippen LogP contribution >= 0.6 is 0 Å². The third kappa shape index (κ3) is 5.83. The Balaban J connectivity index is 1.62. The van der Waals surface area contributed by atoms with Crippen molar-refractivity contribution in [3.63, 3.8) is 0 Å². The Morgan fingerprint density at radius 1 is 1.17 bits per heavy atom. The standard InChI is InChI=1S/C24H29NO4/c1-17(2)19-10-8-18(9-11-19)13-23(26)25-12-4-6-21(15-25)20-5-3-7-22(14-20)29-16-24(27)28/h3,5,7-11,14,17,21H,4,6,12-13,15-16H2,1-2H3,(H,27,28). The van der Waals surface area contributed by atoms with Gasteiger partial charge in [0.05, 0.1) is 6.42 Å². The number of ether oxygens (including phenoxy) is 1. The van der Waals surface area contributed by atoms with E-state index in [9.17, 15) is 9.59 Å². The summed E-state index contributed by atoms with van der Waals surface area (Å²) in [4.78, 5) is 25.5. The van der Waals surface area contributed by atoms with Gasteiger partial charge in [0.25, 0.3) is 0 Å². The van der Waals surface area contributed by atoms with Gasteiger partial charge in [-0.2, -0.15) is 0 Å². The number of rotatable bonds is 7. The lowest BCUT2D eigenvalue weighted by molar-refractivity contribution is -0.139. The van der Waals surface area contributed by atoms with E-state index >= 15 is 0 Å². The largest absolute Gasteiger partial charge is 0.482 e. The van der Waals surface area contributed by atoms with Gasteiger partial charge in [-0.15, -0.1) is 0 Å². The molecule has 1 aliphatic rings. The molecule has 1 atom stereocenters. The van der Waals surface area contributed by atoms with Crippen molar-refractivity contribution in [2.45, 2.75) is 44.9 Å². The Hall–Kier alpha value is -2.82. The van der Waals surface area contributed by atoms with Crippen LogP contribution in [0.15, 0.2) is 48.5 Å². The van der Waals surface area contributed by atoms with Gasteiger partial charge in [-0.3, -0.25) is 4.79 Å². The molecule has 2 aromatic rings. The zero-order valence-corrected chi connectivity index (χ0v) is 17.1. The van der Waals surface area contributed by atoms with Crippen molar-refractivity contribution in [3.8, 4) is 5.75 Å². The summed E-state index contributed by atoms with van der Waals surface area (Å²) in [5.41, 5.74) is 3.42. The van der Waals surface area contributed by atoms with Crippen LogP contribution in [0.4, 0.5) is 0 Å². The molecule has 5 nitrogen and oxygen atoms in total. The summed E-state index contributed by atoms with van der Waals surface area (Å²) in [5.74, 6) is 0.442. The number of carbonyl (C=O) groups excluding carboxylic acids is 1. The van der Waals surface area contributed by atoms with Gasteiger partial charge in [-0.25, -0.2) is 4.79 Å². The lowest BCUT2D eigenvalue weighted by Gasteiger charge is -2.33. The zero-order chi connectivity index (χ0) is 20.8. The first-order chi connectivity index (χ1) is 13.9. The van der Waals surface area contributed by atoms with Gasteiger partial charge in [0.2, 0.25) is 5.91 Å². The van der Waals surface area contributed by atoms with Gasteiger partial charge >= 0.3 is 5.97 Å². The molecule has 0 spiro atoms. The van der Waals surface area contributed by atoms with Crippen LogP contribution < -0.4 is 4.74 Å². The Morgan fingerprint density at radius 3 is 2.62 bits per heavy atom. The Bertz CT molecular complexity index is 844. The monoisotopic (exact) mass is 395 g/mol. The first kappa shape index (κ1) is 20.9. The van der Waals surface area contributed by atoms with Crippen LogP contribution in [0.3, 0.4) is 0 Å². The summed E-state index contributed by atoms with van der Waals surface area (Å²) in [6.07, 6.45) is 2.39. The summed E-state index contributed by atoms with van der Waals surface area (Å²) < 4.78 is 5.30. The minimum Gasteiger partial charge on any atom is -0.482 e. The molecule has 0 aliphatic carbocycles. The van der Waals surface area contributed by atoms with Gasteiger partial charge in [0, 0.05) is 19.0 Å². The van der Waals surface area contributed by atoms with Crippen molar-refractivity contribution in [1.82, 2.24) is 4.90 Å². The molecule has 1 fully saturated rings. The van der Waals surface area contributed by atoms with Crippen LogP contribution in [0.5, 0.6) is 5.75 Å². The lowest BCUT2D eigenvalue weighted by atomic mass is 9.90. The second kappa shape index (κ2) is 9.59. The van der Waals surface area contributed by atoms with Crippen LogP contribution in [0.1, 0.15) is 55.2 Å². The first-order valence-corrected chi connectivity index (χ1v) is 10.2. The van der Waals surface area contributed by atoms with Crippen LogP contribution in [0.25, 0.3) is 0 Å². The van der Waals surface area contributed by atoms with Crippen molar-refractivity contribution < 1.29 is 19.4 Å². The number of benzene rings is 2. The summed E-state index contributed by atoms with van der Waals surface area (Å²) >= 11 is 0. The normalized spacial score (nSPS) is 16.7. The third-order valence-electron chi connectivity index (χ3n) is 5.47. The van der Waals surface area contributed by atoms with Gasteiger partial charge in [-0.05, 0) is 47.6 Å². The molecule has 1 heterocycles. The van der Waals surface area contributed by atoms with E-state index in [0.717, 1.165) is 30.5 Å². The average Bonchev–Trinajstić information content (AvgIpc) is 2.73. The highest BCUT2D eigenvalue weighted by Crippen LogP contribution is 2.29. The number of hydrogen-bond donors (Lipinski definition) is 1. The molecule has 0 radical (unpaired) electrons. The number of amides is 1. The van der Waals surface area contributed by atoms with Gasteiger partial charge in [0.15, 0.2) is 6.61 Å².